The number of hydrogen-bond acceptors (Lipinski definition) is 6. The van der Waals surface area contributed by atoms with Gasteiger partial charge in [0.25, 0.3) is 11.8 Å². The smallest absolute Gasteiger partial charge is 0.292 e. The van der Waals surface area contributed by atoms with Gasteiger partial charge in [-0.25, -0.2) is 10.4 Å². The van der Waals surface area contributed by atoms with E-state index in [1.165, 1.54) is 6.07 Å². The highest BCUT2D eigenvalue weighted by atomic mass is 35.5. The summed E-state index contributed by atoms with van der Waals surface area (Å²) in [5, 5.41) is 7.83. The molecule has 0 atom stereocenters. The van der Waals surface area contributed by atoms with Crippen LogP contribution in [0.5, 0.6) is 5.75 Å². The summed E-state index contributed by atoms with van der Waals surface area (Å²) in [5.41, 5.74) is 5.54. The van der Waals surface area contributed by atoms with Gasteiger partial charge in [-0.15, -0.1) is 0 Å². The molecule has 0 unspecified atom stereocenters. The molecule has 4 rings (SSSR count). The number of pyridine rings is 1. The van der Waals surface area contributed by atoms with E-state index < -0.39 is 5.91 Å². The average molecular weight is 501 g/mol. The molecule has 3 aromatic rings. The summed E-state index contributed by atoms with van der Waals surface area (Å²) < 4.78 is 11.3. The van der Waals surface area contributed by atoms with E-state index in [1.54, 1.807) is 31.3 Å². The number of aryl methyl sites for hydroxylation is 2. The Morgan fingerprint density at radius 1 is 1.18 bits per heavy atom. The Kier molecular flexibility index (Phi) is 7.19. The van der Waals surface area contributed by atoms with Gasteiger partial charge >= 0.3 is 0 Å². The SMILES string of the molecule is Cc1ccnc(NC(=O)c2oc3c(c2C)/C(=N/NC(=O)COc2ccc(Cl)cc2Cl)CCC3)c1. The molecule has 176 valence electrons. The Labute approximate surface area is 206 Å². The van der Waals surface area contributed by atoms with Crippen molar-refractivity contribution in [3.63, 3.8) is 0 Å². The van der Waals surface area contributed by atoms with Gasteiger partial charge in [-0.1, -0.05) is 23.2 Å². The lowest BCUT2D eigenvalue weighted by Crippen LogP contribution is -2.27. The van der Waals surface area contributed by atoms with Crippen molar-refractivity contribution in [2.75, 3.05) is 11.9 Å². The molecule has 8 nitrogen and oxygen atoms in total. The molecule has 1 aliphatic carbocycles. The van der Waals surface area contributed by atoms with Gasteiger partial charge in [0.05, 0.1) is 10.7 Å². The van der Waals surface area contributed by atoms with Crippen LogP contribution in [-0.2, 0) is 11.2 Å². The van der Waals surface area contributed by atoms with Crippen LogP contribution in [0.4, 0.5) is 5.82 Å². The normalized spacial score (nSPS) is 13.9. The van der Waals surface area contributed by atoms with Crippen molar-refractivity contribution in [3.05, 3.63) is 74.8 Å². The lowest BCUT2D eigenvalue weighted by Gasteiger charge is -2.13. The molecule has 2 amide bonds. The molecular formula is C24H22Cl2N4O4. The molecule has 2 heterocycles. The lowest BCUT2D eigenvalue weighted by atomic mass is 9.93. The standard InChI is InChI=1S/C24H22Cl2N4O4/c1-13-8-9-27-20(10-13)28-24(32)23-14(2)22-17(4-3-5-19(22)34-23)29-30-21(31)12-33-18-7-6-15(25)11-16(18)26/h6-11H,3-5,12H2,1-2H3,(H,30,31)(H,27,28,32)/b29-17+. The summed E-state index contributed by atoms with van der Waals surface area (Å²) in [4.78, 5) is 29.2. The van der Waals surface area contributed by atoms with Crippen molar-refractivity contribution in [1.82, 2.24) is 10.4 Å². The fourth-order valence-corrected chi connectivity index (χ4v) is 4.14. The van der Waals surface area contributed by atoms with Crippen LogP contribution in [0.2, 0.25) is 10.0 Å². The number of rotatable bonds is 6. The molecular weight excluding hydrogens is 479 g/mol. The second-order valence-corrected chi connectivity index (χ2v) is 8.68. The number of nitrogens with one attached hydrogen (secondary N) is 2. The highest BCUT2D eigenvalue weighted by molar-refractivity contribution is 6.35. The van der Waals surface area contributed by atoms with Crippen molar-refractivity contribution >= 4 is 46.5 Å². The number of ether oxygens (including phenoxy) is 1. The fourth-order valence-electron chi connectivity index (χ4n) is 3.67. The van der Waals surface area contributed by atoms with Crippen LogP contribution in [-0.4, -0.2) is 29.1 Å². The van der Waals surface area contributed by atoms with E-state index >= 15 is 0 Å². The van der Waals surface area contributed by atoms with Gasteiger partial charge < -0.3 is 14.5 Å². The quantitative estimate of drug-likeness (QED) is 0.458. The van der Waals surface area contributed by atoms with Gasteiger partial charge in [-0.2, -0.15) is 5.10 Å². The summed E-state index contributed by atoms with van der Waals surface area (Å²) in [6.45, 7) is 3.45. The molecule has 0 radical (unpaired) electrons. The highest BCUT2D eigenvalue weighted by Gasteiger charge is 2.28. The fraction of sp³-hybridized carbons (Fsp3) is 0.250. The molecule has 0 bridgehead atoms. The van der Waals surface area contributed by atoms with Gasteiger partial charge in [-0.05, 0) is 62.6 Å². The minimum absolute atomic E-state index is 0.204. The molecule has 0 saturated carbocycles. The predicted molar refractivity (Wildman–Crippen MR) is 130 cm³/mol. The van der Waals surface area contributed by atoms with Crippen LogP contribution in [0.25, 0.3) is 0 Å². The third-order valence-electron chi connectivity index (χ3n) is 5.26. The topological polar surface area (TPSA) is 106 Å². The molecule has 2 aromatic heterocycles. The molecule has 0 spiro atoms. The van der Waals surface area contributed by atoms with E-state index in [1.807, 2.05) is 13.0 Å². The Morgan fingerprint density at radius 3 is 2.76 bits per heavy atom. The van der Waals surface area contributed by atoms with Crippen LogP contribution < -0.4 is 15.5 Å². The van der Waals surface area contributed by atoms with Crippen LogP contribution in [0.1, 0.15) is 45.8 Å². The van der Waals surface area contributed by atoms with Crippen molar-refractivity contribution in [1.29, 1.82) is 0 Å². The van der Waals surface area contributed by atoms with Crippen LogP contribution in [0.15, 0.2) is 46.0 Å². The van der Waals surface area contributed by atoms with Gasteiger partial charge in [0.15, 0.2) is 12.4 Å². The van der Waals surface area contributed by atoms with Crippen molar-refractivity contribution < 1.29 is 18.7 Å². The molecule has 0 fully saturated rings. The molecule has 2 N–H and O–H groups in total. The maximum absolute atomic E-state index is 12.8. The van der Waals surface area contributed by atoms with Gasteiger partial charge in [0.2, 0.25) is 0 Å². The van der Waals surface area contributed by atoms with Crippen LogP contribution >= 0.6 is 23.2 Å². The molecule has 0 aliphatic heterocycles. The molecule has 10 heteroatoms. The minimum atomic E-state index is -0.449. The first kappa shape index (κ1) is 23.8. The van der Waals surface area contributed by atoms with Crippen molar-refractivity contribution in [2.24, 2.45) is 5.10 Å². The summed E-state index contributed by atoms with van der Waals surface area (Å²) in [5.74, 6) is 0.828. The monoisotopic (exact) mass is 500 g/mol. The van der Waals surface area contributed by atoms with E-state index in [0.29, 0.717) is 51.5 Å². The van der Waals surface area contributed by atoms with Crippen molar-refractivity contribution in [3.8, 4) is 5.75 Å². The molecule has 34 heavy (non-hydrogen) atoms. The third-order valence-corrected chi connectivity index (χ3v) is 5.79. The van der Waals surface area contributed by atoms with E-state index in [4.69, 9.17) is 32.4 Å². The summed E-state index contributed by atoms with van der Waals surface area (Å²) in [6, 6.07) is 8.36. The minimum Gasteiger partial charge on any atom is -0.482 e. The molecule has 0 saturated heterocycles. The zero-order chi connectivity index (χ0) is 24.2. The Bertz CT molecular complexity index is 1290. The van der Waals surface area contributed by atoms with Crippen molar-refractivity contribution in [2.45, 2.75) is 33.1 Å². The van der Waals surface area contributed by atoms with E-state index in [-0.39, 0.29) is 18.3 Å². The van der Waals surface area contributed by atoms with E-state index in [2.05, 4.69) is 20.8 Å². The number of benzene rings is 1. The summed E-state index contributed by atoms with van der Waals surface area (Å²) in [6.07, 6.45) is 3.73. The number of aromatic nitrogens is 1. The largest absolute Gasteiger partial charge is 0.482 e. The van der Waals surface area contributed by atoms with Gasteiger partial charge in [0.1, 0.15) is 17.3 Å². The number of hydrazone groups is 1. The second-order valence-electron chi connectivity index (χ2n) is 7.84. The highest BCUT2D eigenvalue weighted by Crippen LogP contribution is 2.30. The third kappa shape index (κ3) is 5.40. The number of amides is 2. The first-order chi connectivity index (χ1) is 16.3. The van der Waals surface area contributed by atoms with E-state index in [9.17, 15) is 9.59 Å². The zero-order valence-electron chi connectivity index (χ0n) is 18.6. The number of nitrogens with zero attached hydrogens (tertiary/aromatic N) is 2. The number of hydrogen-bond donors (Lipinski definition) is 2. The number of anilines is 1. The maximum atomic E-state index is 12.8. The Balaban J connectivity index is 1.45. The first-order valence-corrected chi connectivity index (χ1v) is 11.4. The van der Waals surface area contributed by atoms with Gasteiger partial charge in [-0.3, -0.25) is 9.59 Å². The molecule has 1 aliphatic rings. The summed E-state index contributed by atoms with van der Waals surface area (Å²) in [7, 11) is 0. The number of furan rings is 1. The number of carbonyl (C=O) groups excluding carboxylic acids is 2. The number of halogens is 2. The number of carbonyl (C=O) groups is 2. The summed E-state index contributed by atoms with van der Waals surface area (Å²) >= 11 is 11.9. The van der Waals surface area contributed by atoms with Crippen LogP contribution in [0, 0.1) is 13.8 Å². The Hall–Kier alpha value is -3.36. The second kappa shape index (κ2) is 10.3. The maximum Gasteiger partial charge on any atom is 0.292 e. The lowest BCUT2D eigenvalue weighted by molar-refractivity contribution is -0.123. The zero-order valence-corrected chi connectivity index (χ0v) is 20.1. The first-order valence-electron chi connectivity index (χ1n) is 10.6. The van der Waals surface area contributed by atoms with Crippen LogP contribution in [0.3, 0.4) is 0 Å². The predicted octanol–water partition coefficient (Wildman–Crippen LogP) is 5.09. The van der Waals surface area contributed by atoms with Gasteiger partial charge in [0, 0.05) is 28.8 Å². The number of fused-ring (bicyclic) bond motifs is 1. The molecule has 1 aromatic carbocycles. The Morgan fingerprint density at radius 2 is 2.00 bits per heavy atom. The van der Waals surface area contributed by atoms with E-state index in [0.717, 1.165) is 17.5 Å². The average Bonchev–Trinajstić information content (AvgIpc) is 3.14.